The van der Waals surface area contributed by atoms with Gasteiger partial charge in [-0.3, -0.25) is 4.68 Å². The SMILES string of the molecule is CCCNC(Cn1nccc1C)c1ccc(C)cc1C. The summed E-state index contributed by atoms with van der Waals surface area (Å²) in [6.45, 7) is 10.5. The van der Waals surface area contributed by atoms with Crippen LogP contribution in [0.15, 0.2) is 30.5 Å². The van der Waals surface area contributed by atoms with Gasteiger partial charge in [0.25, 0.3) is 0 Å². The monoisotopic (exact) mass is 271 g/mol. The van der Waals surface area contributed by atoms with Crippen LogP contribution in [0.4, 0.5) is 0 Å². The summed E-state index contributed by atoms with van der Waals surface area (Å²) in [7, 11) is 0. The molecule has 1 aromatic carbocycles. The average Bonchev–Trinajstić information content (AvgIpc) is 2.80. The van der Waals surface area contributed by atoms with E-state index in [1.165, 1.54) is 22.4 Å². The van der Waals surface area contributed by atoms with E-state index in [1.807, 2.05) is 6.20 Å². The zero-order valence-corrected chi connectivity index (χ0v) is 13.0. The maximum Gasteiger partial charge on any atom is 0.0607 e. The second kappa shape index (κ2) is 6.71. The predicted octanol–water partition coefficient (Wildman–Crippen LogP) is 3.55. The van der Waals surface area contributed by atoms with Gasteiger partial charge in [0, 0.05) is 11.9 Å². The largest absolute Gasteiger partial charge is 0.308 e. The fourth-order valence-corrected chi connectivity index (χ4v) is 2.57. The third kappa shape index (κ3) is 3.48. The Kier molecular flexibility index (Phi) is 4.96. The number of rotatable bonds is 6. The molecule has 108 valence electrons. The minimum atomic E-state index is 0.314. The predicted molar refractivity (Wildman–Crippen MR) is 83.9 cm³/mol. The van der Waals surface area contributed by atoms with Crippen molar-refractivity contribution in [2.75, 3.05) is 6.54 Å². The maximum absolute atomic E-state index is 4.41. The first-order chi connectivity index (χ1) is 9.61. The van der Waals surface area contributed by atoms with Gasteiger partial charge in [0.1, 0.15) is 0 Å². The standard InChI is InChI=1S/C17H25N3/c1-5-9-18-17(12-20-15(4)8-10-19-20)16-7-6-13(2)11-14(16)3/h6-8,10-11,17-18H,5,9,12H2,1-4H3. The summed E-state index contributed by atoms with van der Waals surface area (Å²) in [5, 5.41) is 8.06. The lowest BCUT2D eigenvalue weighted by Crippen LogP contribution is -2.27. The highest BCUT2D eigenvalue weighted by atomic mass is 15.3. The van der Waals surface area contributed by atoms with Crippen LogP contribution >= 0.6 is 0 Å². The number of hydrogen-bond donors (Lipinski definition) is 1. The molecule has 0 fully saturated rings. The Balaban J connectivity index is 2.24. The lowest BCUT2D eigenvalue weighted by molar-refractivity contribution is 0.432. The molecule has 0 aliphatic rings. The topological polar surface area (TPSA) is 29.9 Å². The summed E-state index contributed by atoms with van der Waals surface area (Å²) in [4.78, 5) is 0. The van der Waals surface area contributed by atoms with Gasteiger partial charge < -0.3 is 5.32 Å². The van der Waals surface area contributed by atoms with E-state index in [9.17, 15) is 0 Å². The van der Waals surface area contributed by atoms with E-state index in [4.69, 9.17) is 0 Å². The molecule has 0 amide bonds. The lowest BCUT2D eigenvalue weighted by Gasteiger charge is -2.22. The van der Waals surface area contributed by atoms with Gasteiger partial charge in [-0.05, 0) is 50.9 Å². The fraction of sp³-hybridized carbons (Fsp3) is 0.471. The molecule has 0 aliphatic heterocycles. The number of benzene rings is 1. The lowest BCUT2D eigenvalue weighted by atomic mass is 9.99. The van der Waals surface area contributed by atoms with Gasteiger partial charge in [-0.25, -0.2) is 0 Å². The molecule has 1 unspecified atom stereocenters. The van der Waals surface area contributed by atoms with Gasteiger partial charge in [0.15, 0.2) is 0 Å². The summed E-state index contributed by atoms with van der Waals surface area (Å²) in [5.41, 5.74) is 5.25. The van der Waals surface area contributed by atoms with Crippen molar-refractivity contribution in [1.29, 1.82) is 0 Å². The molecule has 0 spiro atoms. The summed E-state index contributed by atoms with van der Waals surface area (Å²) in [6.07, 6.45) is 3.01. The Labute approximate surface area is 122 Å². The van der Waals surface area contributed by atoms with Crippen molar-refractivity contribution in [1.82, 2.24) is 15.1 Å². The minimum Gasteiger partial charge on any atom is -0.308 e. The average molecular weight is 271 g/mol. The second-order valence-corrected chi connectivity index (χ2v) is 5.52. The van der Waals surface area contributed by atoms with Gasteiger partial charge in [-0.1, -0.05) is 30.7 Å². The molecule has 20 heavy (non-hydrogen) atoms. The van der Waals surface area contributed by atoms with Crippen molar-refractivity contribution in [2.45, 2.75) is 46.7 Å². The fourth-order valence-electron chi connectivity index (χ4n) is 2.57. The highest BCUT2D eigenvalue weighted by molar-refractivity contribution is 5.32. The molecule has 0 radical (unpaired) electrons. The highest BCUT2D eigenvalue weighted by Crippen LogP contribution is 2.21. The zero-order valence-electron chi connectivity index (χ0n) is 13.0. The summed E-state index contributed by atoms with van der Waals surface area (Å²) >= 11 is 0. The van der Waals surface area contributed by atoms with E-state index in [2.05, 4.69) is 67.1 Å². The van der Waals surface area contributed by atoms with Gasteiger partial charge >= 0.3 is 0 Å². The molecule has 1 aromatic heterocycles. The number of nitrogens with one attached hydrogen (secondary N) is 1. The molecule has 1 heterocycles. The first-order valence-corrected chi connectivity index (χ1v) is 7.40. The normalized spacial score (nSPS) is 12.6. The van der Waals surface area contributed by atoms with Crippen molar-refractivity contribution in [2.24, 2.45) is 0 Å². The zero-order chi connectivity index (χ0) is 14.5. The van der Waals surface area contributed by atoms with Crippen LogP contribution in [-0.4, -0.2) is 16.3 Å². The quantitative estimate of drug-likeness (QED) is 0.870. The molecular formula is C17H25N3. The molecule has 1 atom stereocenters. The van der Waals surface area contributed by atoms with Crippen LogP contribution in [0.25, 0.3) is 0 Å². The van der Waals surface area contributed by atoms with Crippen molar-refractivity contribution in [3.63, 3.8) is 0 Å². The van der Waals surface area contributed by atoms with Crippen molar-refractivity contribution >= 4 is 0 Å². The highest BCUT2D eigenvalue weighted by Gasteiger charge is 2.15. The molecule has 0 bridgehead atoms. The molecule has 0 saturated heterocycles. The van der Waals surface area contributed by atoms with E-state index in [0.29, 0.717) is 6.04 Å². The van der Waals surface area contributed by atoms with E-state index >= 15 is 0 Å². The van der Waals surface area contributed by atoms with E-state index in [0.717, 1.165) is 19.5 Å². The van der Waals surface area contributed by atoms with Crippen LogP contribution in [0.3, 0.4) is 0 Å². The van der Waals surface area contributed by atoms with E-state index in [-0.39, 0.29) is 0 Å². The van der Waals surface area contributed by atoms with Crippen LogP contribution in [-0.2, 0) is 6.54 Å². The minimum absolute atomic E-state index is 0.314. The molecule has 3 nitrogen and oxygen atoms in total. The maximum atomic E-state index is 4.41. The number of nitrogens with zero attached hydrogens (tertiary/aromatic N) is 2. The number of aromatic nitrogens is 2. The molecule has 2 rings (SSSR count). The third-order valence-corrected chi connectivity index (χ3v) is 3.73. The van der Waals surface area contributed by atoms with Crippen molar-refractivity contribution in [3.05, 3.63) is 52.8 Å². The molecule has 3 heteroatoms. The molecule has 0 aliphatic carbocycles. The Bertz CT molecular complexity index is 557. The Hall–Kier alpha value is -1.61. The van der Waals surface area contributed by atoms with Crippen molar-refractivity contribution < 1.29 is 0 Å². The van der Waals surface area contributed by atoms with Crippen molar-refractivity contribution in [3.8, 4) is 0 Å². The first kappa shape index (κ1) is 14.8. The molecule has 2 aromatic rings. The number of hydrogen-bond acceptors (Lipinski definition) is 2. The summed E-state index contributed by atoms with van der Waals surface area (Å²) < 4.78 is 2.08. The Morgan fingerprint density at radius 3 is 2.60 bits per heavy atom. The van der Waals surface area contributed by atoms with E-state index in [1.54, 1.807) is 0 Å². The third-order valence-electron chi connectivity index (χ3n) is 3.73. The van der Waals surface area contributed by atoms with Crippen LogP contribution in [0.2, 0.25) is 0 Å². The van der Waals surface area contributed by atoms with Gasteiger partial charge in [-0.15, -0.1) is 0 Å². The van der Waals surface area contributed by atoms with Crippen LogP contribution in [0, 0.1) is 20.8 Å². The number of aryl methyl sites for hydroxylation is 3. The molecular weight excluding hydrogens is 246 g/mol. The van der Waals surface area contributed by atoms with Gasteiger partial charge in [-0.2, -0.15) is 5.10 Å². The summed E-state index contributed by atoms with van der Waals surface area (Å²) in [6, 6.07) is 9.06. The van der Waals surface area contributed by atoms with E-state index < -0.39 is 0 Å². The van der Waals surface area contributed by atoms with Crippen LogP contribution < -0.4 is 5.32 Å². The molecule has 0 saturated carbocycles. The molecule has 1 N–H and O–H groups in total. The second-order valence-electron chi connectivity index (χ2n) is 5.52. The smallest absolute Gasteiger partial charge is 0.0607 e. The van der Waals surface area contributed by atoms with Crippen LogP contribution in [0.5, 0.6) is 0 Å². The van der Waals surface area contributed by atoms with Gasteiger partial charge in [0.05, 0.1) is 12.6 Å². The Morgan fingerprint density at radius 1 is 1.20 bits per heavy atom. The first-order valence-electron chi connectivity index (χ1n) is 7.40. The van der Waals surface area contributed by atoms with Crippen LogP contribution in [0.1, 0.15) is 41.8 Å². The summed E-state index contributed by atoms with van der Waals surface area (Å²) in [5.74, 6) is 0. The van der Waals surface area contributed by atoms with Gasteiger partial charge in [0.2, 0.25) is 0 Å². The Morgan fingerprint density at radius 2 is 2.00 bits per heavy atom.